The van der Waals surface area contributed by atoms with Crippen LogP contribution in [-0.2, 0) is 4.79 Å². The van der Waals surface area contributed by atoms with Gasteiger partial charge in [0.25, 0.3) is 0 Å². The van der Waals surface area contributed by atoms with Gasteiger partial charge in [0.2, 0.25) is 5.91 Å². The molecular formula is C12H16F2N2O. The van der Waals surface area contributed by atoms with Gasteiger partial charge < -0.3 is 11.1 Å². The second kappa shape index (κ2) is 5.72. The Labute approximate surface area is 99.0 Å². The molecule has 3 nitrogen and oxygen atoms in total. The van der Waals surface area contributed by atoms with E-state index < -0.39 is 23.6 Å². The van der Waals surface area contributed by atoms with Crippen LogP contribution in [0, 0.1) is 17.6 Å². The maximum atomic E-state index is 13.3. The van der Waals surface area contributed by atoms with Crippen LogP contribution >= 0.6 is 0 Å². The van der Waals surface area contributed by atoms with Crippen LogP contribution < -0.4 is 11.1 Å². The van der Waals surface area contributed by atoms with Crippen molar-refractivity contribution in [2.24, 2.45) is 11.7 Å². The first-order valence-electron chi connectivity index (χ1n) is 5.47. The lowest BCUT2D eigenvalue weighted by Crippen LogP contribution is -2.40. The highest BCUT2D eigenvalue weighted by Crippen LogP contribution is 2.16. The van der Waals surface area contributed by atoms with Crippen molar-refractivity contribution in [3.8, 4) is 0 Å². The van der Waals surface area contributed by atoms with E-state index in [0.29, 0.717) is 0 Å². The number of carbonyl (C=O) groups is 1. The lowest BCUT2D eigenvalue weighted by molar-refractivity contribution is -0.118. The molecule has 0 aliphatic carbocycles. The summed E-state index contributed by atoms with van der Waals surface area (Å²) in [6, 6.07) is 2.14. The zero-order chi connectivity index (χ0) is 13.0. The molecule has 5 heteroatoms. The van der Waals surface area contributed by atoms with Crippen molar-refractivity contribution in [1.29, 1.82) is 0 Å². The molecular weight excluding hydrogens is 226 g/mol. The topological polar surface area (TPSA) is 55.1 Å². The Morgan fingerprint density at radius 1 is 1.47 bits per heavy atom. The number of hydrogen-bond acceptors (Lipinski definition) is 2. The fraction of sp³-hybridized carbons (Fsp3) is 0.417. The summed E-state index contributed by atoms with van der Waals surface area (Å²) in [4.78, 5) is 11.7. The molecule has 1 rings (SSSR count). The molecule has 0 aliphatic rings. The molecule has 1 amide bonds. The summed E-state index contributed by atoms with van der Waals surface area (Å²) in [5, 5.41) is 2.29. The van der Waals surface area contributed by atoms with Gasteiger partial charge in [-0.3, -0.25) is 4.79 Å². The molecule has 0 fully saturated rings. The first kappa shape index (κ1) is 13.6. The van der Waals surface area contributed by atoms with E-state index in [1.54, 1.807) is 0 Å². The summed E-state index contributed by atoms with van der Waals surface area (Å²) in [5.74, 6) is -1.83. The van der Waals surface area contributed by atoms with E-state index in [2.05, 4.69) is 5.32 Å². The maximum Gasteiger partial charge on any atom is 0.241 e. The van der Waals surface area contributed by atoms with Gasteiger partial charge in [-0.15, -0.1) is 0 Å². The quantitative estimate of drug-likeness (QED) is 0.851. The molecule has 0 saturated heterocycles. The smallest absolute Gasteiger partial charge is 0.241 e. The van der Waals surface area contributed by atoms with Crippen LogP contribution in [0.3, 0.4) is 0 Å². The largest absolute Gasteiger partial charge is 0.322 e. The van der Waals surface area contributed by atoms with Crippen molar-refractivity contribution in [2.75, 3.05) is 5.32 Å². The number of benzene rings is 1. The molecule has 3 N–H and O–H groups in total. The van der Waals surface area contributed by atoms with Crippen molar-refractivity contribution in [3.63, 3.8) is 0 Å². The monoisotopic (exact) mass is 242 g/mol. The van der Waals surface area contributed by atoms with Crippen molar-refractivity contribution < 1.29 is 13.6 Å². The van der Waals surface area contributed by atoms with Gasteiger partial charge in [0.05, 0.1) is 11.7 Å². The van der Waals surface area contributed by atoms with Crippen LogP contribution in [-0.4, -0.2) is 11.9 Å². The first-order valence-corrected chi connectivity index (χ1v) is 5.47. The number of rotatable bonds is 4. The summed E-state index contributed by atoms with van der Waals surface area (Å²) in [5.41, 5.74) is 5.49. The third-order valence-corrected chi connectivity index (χ3v) is 2.75. The highest BCUT2D eigenvalue weighted by molar-refractivity contribution is 5.94. The summed E-state index contributed by atoms with van der Waals surface area (Å²) in [6.45, 7) is 3.73. The number of amides is 1. The standard InChI is InChI=1S/C12H16F2N2O/c1-3-7(2)11(15)12(17)16-10-6-8(13)4-5-9(10)14/h4-7,11H,3,15H2,1-2H3,(H,16,17)/t7-,11-/m0/s1. The summed E-state index contributed by atoms with van der Waals surface area (Å²) >= 11 is 0. The lowest BCUT2D eigenvalue weighted by Gasteiger charge is -2.17. The Kier molecular flexibility index (Phi) is 4.57. The summed E-state index contributed by atoms with van der Waals surface area (Å²) < 4.78 is 26.1. The lowest BCUT2D eigenvalue weighted by atomic mass is 9.99. The van der Waals surface area contributed by atoms with Crippen molar-refractivity contribution >= 4 is 11.6 Å². The van der Waals surface area contributed by atoms with Crippen LogP contribution in [0.2, 0.25) is 0 Å². The molecule has 0 bridgehead atoms. The van der Waals surface area contributed by atoms with Crippen LogP contribution in [0.1, 0.15) is 20.3 Å². The second-order valence-corrected chi connectivity index (χ2v) is 4.02. The molecule has 2 atom stereocenters. The third-order valence-electron chi connectivity index (χ3n) is 2.75. The Morgan fingerprint density at radius 2 is 2.12 bits per heavy atom. The fourth-order valence-electron chi connectivity index (χ4n) is 1.32. The van der Waals surface area contributed by atoms with Crippen molar-refractivity contribution in [3.05, 3.63) is 29.8 Å². The van der Waals surface area contributed by atoms with E-state index in [1.165, 1.54) is 0 Å². The second-order valence-electron chi connectivity index (χ2n) is 4.02. The predicted molar refractivity (Wildman–Crippen MR) is 62.4 cm³/mol. The Bertz CT molecular complexity index is 409. The molecule has 0 heterocycles. The van der Waals surface area contributed by atoms with Gasteiger partial charge >= 0.3 is 0 Å². The van der Waals surface area contributed by atoms with Crippen LogP contribution in [0.25, 0.3) is 0 Å². The maximum absolute atomic E-state index is 13.3. The van der Waals surface area contributed by atoms with Gasteiger partial charge in [-0.2, -0.15) is 0 Å². The number of carbonyl (C=O) groups excluding carboxylic acids is 1. The highest BCUT2D eigenvalue weighted by atomic mass is 19.1. The van der Waals surface area contributed by atoms with Gasteiger partial charge in [0, 0.05) is 6.07 Å². The predicted octanol–water partition coefficient (Wildman–Crippen LogP) is 2.28. The van der Waals surface area contributed by atoms with E-state index in [-0.39, 0.29) is 11.6 Å². The van der Waals surface area contributed by atoms with Gasteiger partial charge in [-0.25, -0.2) is 8.78 Å². The molecule has 0 saturated carbocycles. The number of nitrogens with two attached hydrogens (primary N) is 1. The normalized spacial score (nSPS) is 14.2. The minimum atomic E-state index is -0.734. The first-order chi connectivity index (χ1) is 7.95. The van der Waals surface area contributed by atoms with Gasteiger partial charge in [-0.05, 0) is 18.1 Å². The molecule has 0 spiro atoms. The van der Waals surface area contributed by atoms with E-state index >= 15 is 0 Å². The van der Waals surface area contributed by atoms with Crippen molar-refractivity contribution in [2.45, 2.75) is 26.3 Å². The minimum Gasteiger partial charge on any atom is -0.322 e. The SMILES string of the molecule is CC[C@H](C)[C@H](N)C(=O)Nc1cc(F)ccc1F. The number of anilines is 1. The minimum absolute atomic E-state index is 0.0216. The van der Waals surface area contributed by atoms with E-state index in [0.717, 1.165) is 24.6 Å². The summed E-state index contributed by atoms with van der Waals surface area (Å²) in [7, 11) is 0. The van der Waals surface area contributed by atoms with Crippen molar-refractivity contribution in [1.82, 2.24) is 0 Å². The van der Waals surface area contributed by atoms with Gasteiger partial charge in [0.1, 0.15) is 11.6 Å². The van der Waals surface area contributed by atoms with Gasteiger partial charge in [-0.1, -0.05) is 20.3 Å². The fourth-order valence-corrected chi connectivity index (χ4v) is 1.32. The zero-order valence-corrected chi connectivity index (χ0v) is 9.84. The average Bonchev–Trinajstić information content (AvgIpc) is 2.31. The molecule has 0 aliphatic heterocycles. The van der Waals surface area contributed by atoms with E-state index in [1.807, 2.05) is 13.8 Å². The molecule has 0 unspecified atom stereocenters. The Morgan fingerprint density at radius 3 is 2.71 bits per heavy atom. The van der Waals surface area contributed by atoms with E-state index in [9.17, 15) is 13.6 Å². The molecule has 0 radical (unpaired) electrons. The van der Waals surface area contributed by atoms with Crippen LogP contribution in [0.15, 0.2) is 18.2 Å². The molecule has 17 heavy (non-hydrogen) atoms. The van der Waals surface area contributed by atoms with E-state index in [4.69, 9.17) is 5.73 Å². The zero-order valence-electron chi connectivity index (χ0n) is 9.84. The van der Waals surface area contributed by atoms with Crippen LogP contribution in [0.5, 0.6) is 0 Å². The molecule has 1 aromatic carbocycles. The Balaban J connectivity index is 2.77. The Hall–Kier alpha value is -1.49. The molecule has 1 aromatic rings. The average molecular weight is 242 g/mol. The summed E-state index contributed by atoms with van der Waals surface area (Å²) in [6.07, 6.45) is 0.736. The molecule has 94 valence electrons. The number of nitrogens with one attached hydrogen (secondary N) is 1. The van der Waals surface area contributed by atoms with Gasteiger partial charge in [0.15, 0.2) is 0 Å². The third kappa shape index (κ3) is 3.49. The number of halogens is 2. The molecule has 0 aromatic heterocycles. The van der Waals surface area contributed by atoms with Crippen LogP contribution in [0.4, 0.5) is 14.5 Å². The highest BCUT2D eigenvalue weighted by Gasteiger charge is 2.20. The number of hydrogen-bond donors (Lipinski definition) is 2.